The highest BCUT2D eigenvalue weighted by atomic mass is 32.1. The molecular formula is C12H21NOS. The normalized spacial score (nSPS) is 13.1. The summed E-state index contributed by atoms with van der Waals surface area (Å²) in [6.45, 7) is 8.70. The smallest absolute Gasteiger partial charge is 0.0434 e. The minimum Gasteiger partial charge on any atom is -0.396 e. The quantitative estimate of drug-likeness (QED) is 0.782. The van der Waals surface area contributed by atoms with Gasteiger partial charge in [0.1, 0.15) is 0 Å². The highest BCUT2D eigenvalue weighted by Gasteiger charge is 2.04. The van der Waals surface area contributed by atoms with E-state index in [-0.39, 0.29) is 0 Å². The second-order valence-electron chi connectivity index (χ2n) is 4.19. The predicted molar refractivity (Wildman–Crippen MR) is 66.4 cm³/mol. The Morgan fingerprint density at radius 1 is 1.47 bits per heavy atom. The lowest BCUT2D eigenvalue weighted by molar-refractivity contribution is 0.260. The Morgan fingerprint density at radius 2 is 2.20 bits per heavy atom. The number of rotatable bonds is 6. The fourth-order valence-corrected chi connectivity index (χ4v) is 2.58. The van der Waals surface area contributed by atoms with Crippen molar-refractivity contribution in [1.29, 1.82) is 0 Å². The molecule has 0 aliphatic carbocycles. The third kappa shape index (κ3) is 4.33. The molecule has 86 valence electrons. The Bertz CT molecular complexity index is 296. The maximum absolute atomic E-state index is 8.77. The van der Waals surface area contributed by atoms with Crippen LogP contribution in [0.4, 0.5) is 0 Å². The average molecular weight is 227 g/mol. The third-order valence-electron chi connectivity index (χ3n) is 2.57. The van der Waals surface area contributed by atoms with E-state index in [2.05, 4.69) is 32.2 Å². The second-order valence-corrected chi connectivity index (χ2v) is 5.65. The maximum Gasteiger partial charge on any atom is 0.0434 e. The molecule has 0 spiro atoms. The zero-order valence-corrected chi connectivity index (χ0v) is 10.7. The van der Waals surface area contributed by atoms with Crippen molar-refractivity contribution < 1.29 is 5.11 Å². The van der Waals surface area contributed by atoms with E-state index in [1.165, 1.54) is 15.3 Å². The van der Waals surface area contributed by atoms with Crippen LogP contribution in [0, 0.1) is 19.8 Å². The van der Waals surface area contributed by atoms with E-state index in [4.69, 9.17) is 5.11 Å². The van der Waals surface area contributed by atoms with Crippen LogP contribution < -0.4 is 5.32 Å². The standard InChI is InChI=1S/C12H21NOS/c1-9(4-5-14)7-13-8-12-6-10(2)15-11(12)3/h6,9,13-14H,4-5,7-8H2,1-3H3. The molecule has 2 N–H and O–H groups in total. The molecule has 0 aliphatic rings. The Hall–Kier alpha value is -0.380. The molecule has 0 radical (unpaired) electrons. The van der Waals surface area contributed by atoms with Crippen molar-refractivity contribution in [3.05, 3.63) is 21.4 Å². The predicted octanol–water partition coefficient (Wildman–Crippen LogP) is 2.47. The summed E-state index contributed by atoms with van der Waals surface area (Å²) in [6.07, 6.45) is 0.884. The maximum atomic E-state index is 8.77. The number of hydrogen-bond donors (Lipinski definition) is 2. The Labute approximate surface area is 96.3 Å². The van der Waals surface area contributed by atoms with Crippen LogP contribution in [-0.4, -0.2) is 18.3 Å². The van der Waals surface area contributed by atoms with Crippen LogP contribution in [0.5, 0.6) is 0 Å². The summed E-state index contributed by atoms with van der Waals surface area (Å²) in [5.41, 5.74) is 1.41. The molecule has 0 aromatic carbocycles. The van der Waals surface area contributed by atoms with E-state index >= 15 is 0 Å². The van der Waals surface area contributed by atoms with Crippen molar-refractivity contribution in [2.45, 2.75) is 33.7 Å². The monoisotopic (exact) mass is 227 g/mol. The number of nitrogens with one attached hydrogen (secondary N) is 1. The average Bonchev–Trinajstić information content (AvgIpc) is 2.46. The van der Waals surface area contributed by atoms with E-state index in [1.54, 1.807) is 0 Å². The number of thiophene rings is 1. The lowest BCUT2D eigenvalue weighted by Crippen LogP contribution is -2.21. The summed E-state index contributed by atoms with van der Waals surface area (Å²) in [5, 5.41) is 12.2. The van der Waals surface area contributed by atoms with Crippen molar-refractivity contribution >= 4 is 11.3 Å². The Morgan fingerprint density at radius 3 is 2.73 bits per heavy atom. The fourth-order valence-electron chi connectivity index (χ4n) is 1.63. The fraction of sp³-hybridized carbons (Fsp3) is 0.667. The van der Waals surface area contributed by atoms with E-state index in [9.17, 15) is 0 Å². The van der Waals surface area contributed by atoms with Gasteiger partial charge in [-0.05, 0) is 44.4 Å². The molecule has 1 aromatic rings. The van der Waals surface area contributed by atoms with Crippen LogP contribution >= 0.6 is 11.3 Å². The summed E-state index contributed by atoms with van der Waals surface area (Å²) < 4.78 is 0. The van der Waals surface area contributed by atoms with Crippen LogP contribution in [0.25, 0.3) is 0 Å². The van der Waals surface area contributed by atoms with Gasteiger partial charge in [-0.15, -0.1) is 11.3 Å². The minimum absolute atomic E-state index is 0.291. The summed E-state index contributed by atoms with van der Waals surface area (Å²) in [7, 11) is 0. The van der Waals surface area contributed by atoms with Gasteiger partial charge in [0.2, 0.25) is 0 Å². The molecule has 1 atom stereocenters. The van der Waals surface area contributed by atoms with Crippen molar-refractivity contribution in [2.24, 2.45) is 5.92 Å². The van der Waals surface area contributed by atoms with E-state index in [0.717, 1.165) is 19.5 Å². The largest absolute Gasteiger partial charge is 0.396 e. The molecule has 0 saturated heterocycles. The molecule has 0 fully saturated rings. The summed E-state index contributed by atoms with van der Waals surface area (Å²) in [4.78, 5) is 2.79. The Kier molecular flexibility index (Phi) is 5.29. The van der Waals surface area contributed by atoms with Crippen LogP contribution in [0.15, 0.2) is 6.07 Å². The topological polar surface area (TPSA) is 32.3 Å². The lowest BCUT2D eigenvalue weighted by Gasteiger charge is -2.10. The number of hydrogen-bond acceptors (Lipinski definition) is 3. The minimum atomic E-state index is 0.291. The molecule has 1 unspecified atom stereocenters. The molecular weight excluding hydrogens is 206 g/mol. The summed E-state index contributed by atoms with van der Waals surface area (Å²) >= 11 is 1.86. The van der Waals surface area contributed by atoms with Crippen LogP contribution in [-0.2, 0) is 6.54 Å². The van der Waals surface area contributed by atoms with E-state index in [1.807, 2.05) is 11.3 Å². The molecule has 1 heterocycles. The van der Waals surface area contributed by atoms with Gasteiger partial charge in [0.05, 0.1) is 0 Å². The van der Waals surface area contributed by atoms with Crippen molar-refractivity contribution in [3.63, 3.8) is 0 Å². The molecule has 0 amide bonds. The van der Waals surface area contributed by atoms with Crippen molar-refractivity contribution in [1.82, 2.24) is 5.32 Å². The first-order valence-corrected chi connectivity index (χ1v) is 6.32. The van der Waals surface area contributed by atoms with Gasteiger partial charge >= 0.3 is 0 Å². The van der Waals surface area contributed by atoms with Gasteiger partial charge < -0.3 is 10.4 Å². The molecule has 1 aromatic heterocycles. The highest BCUT2D eigenvalue weighted by Crippen LogP contribution is 2.20. The van der Waals surface area contributed by atoms with Gasteiger partial charge in [0.25, 0.3) is 0 Å². The molecule has 0 saturated carbocycles. The third-order valence-corrected chi connectivity index (χ3v) is 3.58. The first-order chi connectivity index (χ1) is 7.13. The SMILES string of the molecule is Cc1cc(CNCC(C)CCO)c(C)s1. The molecule has 1 rings (SSSR count). The number of aliphatic hydroxyl groups excluding tert-OH is 1. The molecule has 2 nitrogen and oxygen atoms in total. The first-order valence-electron chi connectivity index (χ1n) is 5.51. The lowest BCUT2D eigenvalue weighted by atomic mass is 10.1. The zero-order chi connectivity index (χ0) is 11.3. The highest BCUT2D eigenvalue weighted by molar-refractivity contribution is 7.12. The Balaban J connectivity index is 2.28. The number of aryl methyl sites for hydroxylation is 2. The van der Waals surface area contributed by atoms with Gasteiger partial charge in [0, 0.05) is 22.9 Å². The summed E-state index contributed by atoms with van der Waals surface area (Å²) in [5.74, 6) is 0.551. The number of aliphatic hydroxyl groups is 1. The van der Waals surface area contributed by atoms with Gasteiger partial charge in [-0.25, -0.2) is 0 Å². The molecule has 15 heavy (non-hydrogen) atoms. The van der Waals surface area contributed by atoms with Gasteiger partial charge in [-0.1, -0.05) is 6.92 Å². The van der Waals surface area contributed by atoms with E-state index in [0.29, 0.717) is 12.5 Å². The van der Waals surface area contributed by atoms with Crippen molar-refractivity contribution in [3.8, 4) is 0 Å². The van der Waals surface area contributed by atoms with Crippen LogP contribution in [0.2, 0.25) is 0 Å². The van der Waals surface area contributed by atoms with Gasteiger partial charge in [-0.2, -0.15) is 0 Å². The molecule has 0 aliphatic heterocycles. The molecule has 3 heteroatoms. The van der Waals surface area contributed by atoms with Crippen LogP contribution in [0.3, 0.4) is 0 Å². The second kappa shape index (κ2) is 6.26. The first kappa shape index (κ1) is 12.7. The van der Waals surface area contributed by atoms with Gasteiger partial charge in [-0.3, -0.25) is 0 Å². The summed E-state index contributed by atoms with van der Waals surface area (Å²) in [6, 6.07) is 2.25. The zero-order valence-electron chi connectivity index (χ0n) is 9.84. The van der Waals surface area contributed by atoms with Crippen molar-refractivity contribution in [2.75, 3.05) is 13.2 Å². The van der Waals surface area contributed by atoms with Crippen LogP contribution in [0.1, 0.15) is 28.7 Å². The molecule has 0 bridgehead atoms. The van der Waals surface area contributed by atoms with Gasteiger partial charge in [0.15, 0.2) is 0 Å². The van der Waals surface area contributed by atoms with E-state index < -0.39 is 0 Å².